The van der Waals surface area contributed by atoms with Crippen molar-refractivity contribution >= 4 is 17.9 Å². The van der Waals surface area contributed by atoms with Gasteiger partial charge in [0.1, 0.15) is 0 Å². The average molecular weight is 292 g/mol. The molecule has 5 nitrogen and oxygen atoms in total. The average Bonchev–Trinajstić information content (AvgIpc) is 2.52. The topological polar surface area (TPSA) is 77.3 Å². The molecule has 2 amide bonds. The largest absolute Gasteiger partial charge is 0.339 e. The van der Waals surface area contributed by atoms with Crippen LogP contribution in [0.25, 0.3) is 0 Å². The Bertz CT molecular complexity index is 722. The molecule has 5 heteroatoms. The molecule has 0 atom stereocenters. The van der Waals surface area contributed by atoms with Gasteiger partial charge in [-0.1, -0.05) is 30.3 Å². The van der Waals surface area contributed by atoms with E-state index in [9.17, 15) is 4.79 Å². The number of nitriles is 1. The number of anilines is 1. The Morgan fingerprint density at radius 3 is 2.36 bits per heavy atom. The van der Waals surface area contributed by atoms with Gasteiger partial charge >= 0.3 is 6.03 Å². The van der Waals surface area contributed by atoms with Crippen LogP contribution in [0.15, 0.2) is 47.6 Å². The Morgan fingerprint density at radius 2 is 1.77 bits per heavy atom. The van der Waals surface area contributed by atoms with Gasteiger partial charge in [0.25, 0.3) is 0 Å². The minimum Gasteiger partial charge on any atom is -0.306 e. The fourth-order valence-corrected chi connectivity index (χ4v) is 1.96. The van der Waals surface area contributed by atoms with E-state index in [0.717, 1.165) is 22.4 Å². The van der Waals surface area contributed by atoms with Crippen LogP contribution in [0.5, 0.6) is 0 Å². The third-order valence-corrected chi connectivity index (χ3v) is 3.14. The van der Waals surface area contributed by atoms with Crippen LogP contribution in [-0.4, -0.2) is 12.2 Å². The molecule has 0 aliphatic carbocycles. The molecule has 0 fully saturated rings. The zero-order chi connectivity index (χ0) is 15.9. The van der Waals surface area contributed by atoms with Crippen molar-refractivity contribution in [3.05, 3.63) is 64.7 Å². The molecule has 2 rings (SSSR count). The molecule has 0 unspecified atom stereocenters. The molecule has 0 spiro atoms. The van der Waals surface area contributed by atoms with Crippen molar-refractivity contribution in [3.8, 4) is 6.07 Å². The predicted molar refractivity (Wildman–Crippen MR) is 86.8 cm³/mol. The Hall–Kier alpha value is -3.13. The summed E-state index contributed by atoms with van der Waals surface area (Å²) in [5, 5.41) is 15.4. The van der Waals surface area contributed by atoms with Gasteiger partial charge < -0.3 is 5.32 Å². The Balaban J connectivity index is 1.95. The van der Waals surface area contributed by atoms with Crippen LogP contribution < -0.4 is 10.7 Å². The van der Waals surface area contributed by atoms with Crippen LogP contribution >= 0.6 is 0 Å². The molecule has 0 aliphatic heterocycles. The second-order valence-electron chi connectivity index (χ2n) is 4.82. The van der Waals surface area contributed by atoms with Crippen LogP contribution in [0.2, 0.25) is 0 Å². The number of hydrogen-bond donors (Lipinski definition) is 2. The SMILES string of the molecule is Cc1cccc(C)c1NC(=O)N/N=C/c1ccc(C#N)cc1. The third kappa shape index (κ3) is 3.93. The molecule has 0 aliphatic rings. The number of nitrogens with zero attached hydrogens (tertiary/aromatic N) is 2. The Morgan fingerprint density at radius 1 is 1.14 bits per heavy atom. The van der Waals surface area contributed by atoms with E-state index in [-0.39, 0.29) is 0 Å². The molecule has 2 aromatic carbocycles. The fourth-order valence-electron chi connectivity index (χ4n) is 1.96. The molecule has 0 bridgehead atoms. The van der Waals surface area contributed by atoms with Crippen molar-refractivity contribution in [1.82, 2.24) is 5.43 Å². The molecule has 110 valence electrons. The lowest BCUT2D eigenvalue weighted by Crippen LogP contribution is -2.25. The Kier molecular flexibility index (Phi) is 4.89. The quantitative estimate of drug-likeness (QED) is 0.672. The van der Waals surface area contributed by atoms with Gasteiger partial charge in [-0.2, -0.15) is 10.4 Å². The van der Waals surface area contributed by atoms with Gasteiger partial charge in [0.15, 0.2) is 0 Å². The van der Waals surface area contributed by atoms with E-state index >= 15 is 0 Å². The highest BCUT2D eigenvalue weighted by atomic mass is 16.2. The van der Waals surface area contributed by atoms with E-state index in [1.807, 2.05) is 38.1 Å². The highest BCUT2D eigenvalue weighted by molar-refractivity contribution is 5.91. The van der Waals surface area contributed by atoms with Crippen molar-refractivity contribution in [2.24, 2.45) is 5.10 Å². The molecule has 0 saturated heterocycles. The first-order valence-corrected chi connectivity index (χ1v) is 6.76. The minimum atomic E-state index is -0.401. The zero-order valence-corrected chi connectivity index (χ0v) is 12.4. The first kappa shape index (κ1) is 15.3. The molecule has 0 heterocycles. The third-order valence-electron chi connectivity index (χ3n) is 3.14. The minimum absolute atomic E-state index is 0.401. The summed E-state index contributed by atoms with van der Waals surface area (Å²) in [4.78, 5) is 11.8. The van der Waals surface area contributed by atoms with Crippen LogP contribution in [-0.2, 0) is 0 Å². The van der Waals surface area contributed by atoms with Crippen LogP contribution in [0.3, 0.4) is 0 Å². The van der Waals surface area contributed by atoms with Gasteiger partial charge in [0.2, 0.25) is 0 Å². The van der Waals surface area contributed by atoms with Crippen LogP contribution in [0.1, 0.15) is 22.3 Å². The number of amides is 2. The first-order valence-electron chi connectivity index (χ1n) is 6.76. The van der Waals surface area contributed by atoms with Crippen molar-refractivity contribution < 1.29 is 4.79 Å². The van der Waals surface area contributed by atoms with Gasteiger partial charge in [-0.3, -0.25) is 0 Å². The molecule has 0 aromatic heterocycles. The van der Waals surface area contributed by atoms with E-state index < -0.39 is 6.03 Å². The molecular formula is C17H16N4O. The van der Waals surface area contributed by atoms with E-state index in [1.165, 1.54) is 6.21 Å². The molecule has 0 radical (unpaired) electrons. The highest BCUT2D eigenvalue weighted by Crippen LogP contribution is 2.18. The number of para-hydroxylation sites is 1. The second-order valence-corrected chi connectivity index (χ2v) is 4.82. The van der Waals surface area contributed by atoms with E-state index in [0.29, 0.717) is 5.56 Å². The molecule has 2 aromatic rings. The van der Waals surface area contributed by atoms with Gasteiger partial charge in [0, 0.05) is 5.69 Å². The first-order chi connectivity index (χ1) is 10.6. The van der Waals surface area contributed by atoms with Crippen LogP contribution in [0, 0.1) is 25.2 Å². The fraction of sp³-hybridized carbons (Fsp3) is 0.118. The molecule has 0 saturated carbocycles. The Labute approximate surface area is 129 Å². The summed E-state index contributed by atoms with van der Waals surface area (Å²) in [6.07, 6.45) is 1.52. The lowest BCUT2D eigenvalue weighted by atomic mass is 10.1. The summed E-state index contributed by atoms with van der Waals surface area (Å²) < 4.78 is 0. The maximum Gasteiger partial charge on any atom is 0.339 e. The highest BCUT2D eigenvalue weighted by Gasteiger charge is 2.05. The summed E-state index contributed by atoms with van der Waals surface area (Å²) in [7, 11) is 0. The van der Waals surface area contributed by atoms with E-state index in [4.69, 9.17) is 5.26 Å². The van der Waals surface area contributed by atoms with E-state index in [2.05, 4.69) is 15.8 Å². The number of nitrogens with one attached hydrogen (secondary N) is 2. The maximum absolute atomic E-state index is 11.8. The van der Waals surface area contributed by atoms with Gasteiger partial charge in [-0.05, 0) is 42.7 Å². The van der Waals surface area contributed by atoms with Crippen molar-refractivity contribution in [2.75, 3.05) is 5.32 Å². The summed E-state index contributed by atoms with van der Waals surface area (Å²) in [6, 6.07) is 14.3. The smallest absolute Gasteiger partial charge is 0.306 e. The predicted octanol–water partition coefficient (Wildman–Crippen LogP) is 3.33. The summed E-state index contributed by atoms with van der Waals surface area (Å²) in [5.41, 5.74) is 6.57. The van der Waals surface area contributed by atoms with Crippen molar-refractivity contribution in [1.29, 1.82) is 5.26 Å². The lowest BCUT2D eigenvalue weighted by Gasteiger charge is -2.10. The molecule has 22 heavy (non-hydrogen) atoms. The number of hydrazone groups is 1. The number of carbonyl (C=O) groups excluding carboxylic acids is 1. The van der Waals surface area contributed by atoms with Crippen molar-refractivity contribution in [2.45, 2.75) is 13.8 Å². The number of aryl methyl sites for hydroxylation is 2. The number of rotatable bonds is 3. The summed E-state index contributed by atoms with van der Waals surface area (Å²) in [5.74, 6) is 0. The molecular weight excluding hydrogens is 276 g/mol. The zero-order valence-electron chi connectivity index (χ0n) is 12.4. The second kappa shape index (κ2) is 7.04. The van der Waals surface area contributed by atoms with Gasteiger partial charge in [0.05, 0.1) is 17.8 Å². The van der Waals surface area contributed by atoms with Crippen molar-refractivity contribution in [3.63, 3.8) is 0 Å². The summed E-state index contributed by atoms with van der Waals surface area (Å²) >= 11 is 0. The number of benzene rings is 2. The van der Waals surface area contributed by atoms with Gasteiger partial charge in [-0.15, -0.1) is 0 Å². The standard InChI is InChI=1S/C17H16N4O/c1-12-4-3-5-13(2)16(12)20-17(22)21-19-11-15-8-6-14(10-18)7-9-15/h3-9,11H,1-2H3,(H2,20,21,22)/b19-11+. The number of carbonyl (C=O) groups is 1. The monoisotopic (exact) mass is 292 g/mol. The normalized spacial score (nSPS) is 10.2. The lowest BCUT2D eigenvalue weighted by molar-refractivity contribution is 0.252. The summed E-state index contributed by atoms with van der Waals surface area (Å²) in [6.45, 7) is 3.87. The number of hydrogen-bond acceptors (Lipinski definition) is 3. The number of urea groups is 1. The van der Waals surface area contributed by atoms with Gasteiger partial charge in [-0.25, -0.2) is 10.2 Å². The van der Waals surface area contributed by atoms with E-state index in [1.54, 1.807) is 24.3 Å². The van der Waals surface area contributed by atoms with Crippen LogP contribution in [0.4, 0.5) is 10.5 Å². The molecule has 2 N–H and O–H groups in total. The maximum atomic E-state index is 11.8.